The van der Waals surface area contributed by atoms with Gasteiger partial charge in [-0.3, -0.25) is 4.90 Å². The summed E-state index contributed by atoms with van der Waals surface area (Å²) in [5.41, 5.74) is -0.232. The van der Waals surface area contributed by atoms with Gasteiger partial charge in [-0.05, 0) is 20.2 Å². The van der Waals surface area contributed by atoms with E-state index in [-0.39, 0.29) is 6.10 Å². The Bertz CT molecular complexity index is 628. The molecule has 4 rings (SSSR count). The summed E-state index contributed by atoms with van der Waals surface area (Å²) in [5, 5.41) is 10.1. The first-order chi connectivity index (χ1) is 10.1. The highest BCUT2D eigenvalue weighted by Crippen LogP contribution is 2.57. The first-order valence-corrected chi connectivity index (χ1v) is 7.30. The number of nitrogens with zero attached hydrogens (tertiary/aromatic N) is 3. The molecule has 3 aliphatic rings. The molecule has 0 bridgehead atoms. The van der Waals surface area contributed by atoms with Crippen molar-refractivity contribution in [3.05, 3.63) is 29.8 Å². The molecule has 1 spiro atoms. The third kappa shape index (κ3) is 1.50. The molecule has 1 aromatic carbocycles. The fraction of sp³-hybridized carbons (Fsp3) is 0.562. The maximum atomic E-state index is 10.1. The number of likely N-dealkylation sites (N-methyl/N-ethyl adjacent to an activating group) is 2. The van der Waals surface area contributed by atoms with Gasteiger partial charge in [0, 0.05) is 25.2 Å². The SMILES string of the molecule is CN1C[C@H]2Oc3ccccc3[C@]3(CN(C)CO3)[C@@]2(C#N)C1. The zero-order valence-electron chi connectivity index (χ0n) is 12.4. The number of nitriles is 1. The topological polar surface area (TPSA) is 48.7 Å². The van der Waals surface area contributed by atoms with Crippen LogP contribution in [-0.2, 0) is 10.3 Å². The summed E-state index contributed by atoms with van der Waals surface area (Å²) in [6.45, 7) is 2.71. The van der Waals surface area contributed by atoms with Crippen molar-refractivity contribution in [3.63, 3.8) is 0 Å². The molecule has 2 saturated heterocycles. The van der Waals surface area contributed by atoms with Crippen LogP contribution in [-0.4, -0.2) is 56.4 Å². The fourth-order valence-corrected chi connectivity index (χ4v) is 4.18. The molecule has 0 radical (unpaired) electrons. The van der Waals surface area contributed by atoms with Gasteiger partial charge in [-0.15, -0.1) is 0 Å². The summed E-state index contributed by atoms with van der Waals surface area (Å²) in [6, 6.07) is 10.6. The Morgan fingerprint density at radius 3 is 2.76 bits per heavy atom. The third-order valence-corrected chi connectivity index (χ3v) is 5.08. The van der Waals surface area contributed by atoms with Crippen LogP contribution in [0.5, 0.6) is 5.75 Å². The quantitative estimate of drug-likeness (QED) is 0.712. The lowest BCUT2D eigenvalue weighted by atomic mass is 9.65. The van der Waals surface area contributed by atoms with Gasteiger partial charge in [0.2, 0.25) is 0 Å². The molecule has 3 heterocycles. The molecular weight excluding hydrogens is 266 g/mol. The van der Waals surface area contributed by atoms with E-state index in [4.69, 9.17) is 9.47 Å². The molecule has 2 fully saturated rings. The molecule has 3 aliphatic heterocycles. The fourth-order valence-electron chi connectivity index (χ4n) is 4.18. The average molecular weight is 285 g/mol. The van der Waals surface area contributed by atoms with E-state index in [0.29, 0.717) is 13.3 Å². The highest BCUT2D eigenvalue weighted by Gasteiger charge is 2.68. The summed E-state index contributed by atoms with van der Waals surface area (Å²) >= 11 is 0. The smallest absolute Gasteiger partial charge is 0.142 e. The van der Waals surface area contributed by atoms with Crippen LogP contribution < -0.4 is 4.74 Å². The monoisotopic (exact) mass is 285 g/mol. The Morgan fingerprint density at radius 2 is 2.05 bits per heavy atom. The molecule has 110 valence electrons. The van der Waals surface area contributed by atoms with E-state index < -0.39 is 11.0 Å². The van der Waals surface area contributed by atoms with E-state index in [9.17, 15) is 5.26 Å². The third-order valence-electron chi connectivity index (χ3n) is 5.08. The van der Waals surface area contributed by atoms with E-state index in [0.717, 1.165) is 24.4 Å². The summed E-state index contributed by atoms with van der Waals surface area (Å²) in [6.07, 6.45) is -0.145. The molecule has 0 saturated carbocycles. The van der Waals surface area contributed by atoms with Crippen molar-refractivity contribution in [2.45, 2.75) is 11.7 Å². The second-order valence-electron chi connectivity index (χ2n) is 6.50. The maximum Gasteiger partial charge on any atom is 0.142 e. The van der Waals surface area contributed by atoms with Crippen LogP contribution in [0.1, 0.15) is 5.56 Å². The summed E-state index contributed by atoms with van der Waals surface area (Å²) in [7, 11) is 4.07. The highest BCUT2D eigenvalue weighted by atomic mass is 16.5. The van der Waals surface area contributed by atoms with Gasteiger partial charge in [-0.25, -0.2) is 0 Å². The molecule has 0 aliphatic carbocycles. The van der Waals surface area contributed by atoms with E-state index in [1.54, 1.807) is 0 Å². The van der Waals surface area contributed by atoms with Gasteiger partial charge < -0.3 is 14.4 Å². The van der Waals surface area contributed by atoms with Crippen molar-refractivity contribution in [2.75, 3.05) is 40.5 Å². The lowest BCUT2D eigenvalue weighted by Gasteiger charge is -2.47. The number of rotatable bonds is 0. The second-order valence-corrected chi connectivity index (χ2v) is 6.50. The van der Waals surface area contributed by atoms with Crippen molar-refractivity contribution in [3.8, 4) is 11.8 Å². The molecule has 0 unspecified atom stereocenters. The molecule has 0 amide bonds. The van der Waals surface area contributed by atoms with Crippen LogP contribution >= 0.6 is 0 Å². The standard InChI is InChI=1S/C16H19N3O2/c1-18-7-14-15(8-17,9-18)16(10-19(2)11-20-16)12-5-3-4-6-13(12)21-14/h3-6,14H,7,9-11H2,1-2H3/t14-,15+,16-/m1/s1. The van der Waals surface area contributed by atoms with Crippen LogP contribution in [0.3, 0.4) is 0 Å². The molecule has 5 nitrogen and oxygen atoms in total. The minimum Gasteiger partial charge on any atom is -0.487 e. The first kappa shape index (κ1) is 13.1. The number of ether oxygens (including phenoxy) is 2. The zero-order chi connectivity index (χ0) is 14.7. The Labute approximate surface area is 124 Å². The van der Waals surface area contributed by atoms with Gasteiger partial charge in [0.15, 0.2) is 0 Å². The Hall–Kier alpha value is -1.61. The van der Waals surface area contributed by atoms with Gasteiger partial charge in [0.05, 0.1) is 6.07 Å². The van der Waals surface area contributed by atoms with Crippen molar-refractivity contribution in [1.82, 2.24) is 9.80 Å². The van der Waals surface area contributed by atoms with Crippen LogP contribution in [0.15, 0.2) is 24.3 Å². The van der Waals surface area contributed by atoms with E-state index in [2.05, 4.69) is 15.9 Å². The van der Waals surface area contributed by atoms with Crippen molar-refractivity contribution >= 4 is 0 Å². The Morgan fingerprint density at radius 1 is 1.24 bits per heavy atom. The van der Waals surface area contributed by atoms with Gasteiger partial charge in [-0.1, -0.05) is 18.2 Å². The van der Waals surface area contributed by atoms with Crippen molar-refractivity contribution < 1.29 is 9.47 Å². The van der Waals surface area contributed by atoms with Crippen LogP contribution in [0.25, 0.3) is 0 Å². The molecule has 21 heavy (non-hydrogen) atoms. The van der Waals surface area contributed by atoms with Crippen molar-refractivity contribution in [1.29, 1.82) is 5.26 Å². The number of para-hydroxylation sites is 1. The number of fused-ring (bicyclic) bond motifs is 4. The lowest BCUT2D eigenvalue weighted by Crippen LogP contribution is -2.58. The van der Waals surface area contributed by atoms with Crippen LogP contribution in [0.4, 0.5) is 0 Å². The maximum absolute atomic E-state index is 10.1. The highest BCUT2D eigenvalue weighted by molar-refractivity contribution is 5.47. The minimum atomic E-state index is -0.652. The largest absolute Gasteiger partial charge is 0.487 e. The molecule has 0 N–H and O–H groups in total. The van der Waals surface area contributed by atoms with Gasteiger partial charge in [-0.2, -0.15) is 5.26 Å². The number of hydrogen-bond donors (Lipinski definition) is 0. The van der Waals surface area contributed by atoms with E-state index >= 15 is 0 Å². The predicted molar refractivity (Wildman–Crippen MR) is 76.7 cm³/mol. The van der Waals surface area contributed by atoms with Gasteiger partial charge in [0.25, 0.3) is 0 Å². The Balaban J connectivity index is 1.96. The Kier molecular flexibility index (Phi) is 2.62. The van der Waals surface area contributed by atoms with E-state index in [1.165, 1.54) is 0 Å². The van der Waals surface area contributed by atoms with Crippen molar-refractivity contribution in [2.24, 2.45) is 5.41 Å². The van der Waals surface area contributed by atoms with Crippen LogP contribution in [0.2, 0.25) is 0 Å². The molecule has 1 aromatic rings. The van der Waals surface area contributed by atoms with Gasteiger partial charge in [0.1, 0.15) is 29.6 Å². The predicted octanol–water partition coefficient (Wildman–Crippen LogP) is 1.02. The molecular formula is C16H19N3O2. The number of hydrogen-bond acceptors (Lipinski definition) is 5. The average Bonchev–Trinajstić information content (AvgIpc) is 3.02. The molecule has 0 aromatic heterocycles. The van der Waals surface area contributed by atoms with Gasteiger partial charge >= 0.3 is 0 Å². The van der Waals surface area contributed by atoms with Crippen LogP contribution in [0, 0.1) is 16.7 Å². The van der Waals surface area contributed by atoms with E-state index in [1.807, 2.05) is 38.4 Å². The molecule has 5 heteroatoms. The summed E-state index contributed by atoms with van der Waals surface area (Å²) in [5.74, 6) is 0.860. The molecule has 3 atom stereocenters. The first-order valence-electron chi connectivity index (χ1n) is 7.30. The zero-order valence-corrected chi connectivity index (χ0v) is 12.4. The normalized spacial score (nSPS) is 38.8. The lowest BCUT2D eigenvalue weighted by molar-refractivity contribution is -0.117. The second kappa shape index (κ2) is 4.20. The number of benzene rings is 1. The number of likely N-dealkylation sites (tertiary alicyclic amines) is 1. The summed E-state index contributed by atoms with van der Waals surface area (Å²) < 4.78 is 12.5. The summed E-state index contributed by atoms with van der Waals surface area (Å²) in [4.78, 5) is 4.31. The minimum absolute atomic E-state index is 0.145.